The van der Waals surface area contributed by atoms with Crippen molar-refractivity contribution in [3.8, 4) is 0 Å². The Hall–Kier alpha value is -2.15. The lowest BCUT2D eigenvalue weighted by Crippen LogP contribution is -2.59. The third kappa shape index (κ3) is 31.8. The highest BCUT2D eigenvalue weighted by Gasteiger charge is 2.46. The zero-order valence-corrected chi connectivity index (χ0v) is 42.0. The van der Waals surface area contributed by atoms with Crippen LogP contribution in [-0.4, -0.2) is 184 Å². The molecule has 9 N–H and O–H groups in total. The Morgan fingerprint density at radius 3 is 1.86 bits per heavy atom. The first kappa shape index (κ1) is 64.9. The highest BCUT2D eigenvalue weighted by molar-refractivity contribution is 5.71. The van der Waals surface area contributed by atoms with E-state index in [0.717, 1.165) is 103 Å². The van der Waals surface area contributed by atoms with Crippen LogP contribution >= 0.6 is 0 Å². The van der Waals surface area contributed by atoms with Crippen LogP contribution in [0.4, 0.5) is 0 Å². The molecule has 1 rings (SSSR count). The van der Waals surface area contributed by atoms with Gasteiger partial charge in [0.25, 0.3) is 0 Å². The Morgan fingerprint density at radius 2 is 1.28 bits per heavy atom. The number of carboxylic acid groups (broad SMARTS) is 1. The van der Waals surface area contributed by atoms with Crippen LogP contribution in [0.3, 0.4) is 0 Å². The summed E-state index contributed by atoms with van der Waals surface area (Å²) in [5, 5.41) is 90.9. The van der Waals surface area contributed by atoms with Crippen molar-refractivity contribution < 1.29 is 98.2 Å². The molecule has 12 atom stereocenters. The first-order valence-corrected chi connectivity index (χ1v) is 25.7. The molecule has 408 valence electrons. The van der Waals surface area contributed by atoms with Crippen LogP contribution in [0.5, 0.6) is 0 Å². The van der Waals surface area contributed by atoms with Crippen molar-refractivity contribution in [3.05, 3.63) is 0 Å². The van der Waals surface area contributed by atoms with Crippen molar-refractivity contribution >= 4 is 17.9 Å². The van der Waals surface area contributed by atoms with E-state index in [1.54, 1.807) is 0 Å². The highest BCUT2D eigenvalue weighted by atomic mass is 16.8. The molecule has 1 heterocycles. The van der Waals surface area contributed by atoms with E-state index < -0.39 is 98.8 Å². The predicted octanol–water partition coefficient (Wildman–Crippen LogP) is 3.78. The Labute approximate surface area is 410 Å². The van der Waals surface area contributed by atoms with Crippen molar-refractivity contribution in [2.45, 2.75) is 243 Å². The molecule has 69 heavy (non-hydrogen) atoms. The molecule has 1 aliphatic heterocycles. The van der Waals surface area contributed by atoms with E-state index in [9.17, 15) is 55.2 Å². The second-order valence-electron chi connectivity index (χ2n) is 18.7. The van der Waals surface area contributed by atoms with Crippen LogP contribution in [0.25, 0.3) is 0 Å². The Morgan fingerprint density at radius 1 is 0.696 bits per heavy atom. The minimum absolute atomic E-state index is 0.0445. The van der Waals surface area contributed by atoms with Gasteiger partial charge in [-0.05, 0) is 44.4 Å². The van der Waals surface area contributed by atoms with Gasteiger partial charge in [0.2, 0.25) is 0 Å². The number of carbonyl (C=O) groups is 3. The average molecular weight is 1000 g/mol. The lowest BCUT2D eigenvalue weighted by Gasteiger charge is -2.41. The van der Waals surface area contributed by atoms with Crippen LogP contribution in [0, 0.1) is 5.92 Å². The fourth-order valence-corrected chi connectivity index (χ4v) is 7.76. The molecule has 0 spiro atoms. The largest absolute Gasteiger partial charge is 0.479 e. The summed E-state index contributed by atoms with van der Waals surface area (Å²) in [6.45, 7) is 3.90. The highest BCUT2D eigenvalue weighted by Crippen LogP contribution is 2.27. The SMILES string of the molecule is CCCCCCC(CCCC(O)CCCCCCCCCCCCCC(O)C(=O)O)OC(COC1OCC(OC(C)=O)C(O)C1OC(OCCOC(=O)CC(C)C)C(O)C(O)CO)OCC(O)CO. The third-order valence-electron chi connectivity index (χ3n) is 11.8. The maximum atomic E-state index is 12.1. The molecule has 0 aromatic carbocycles. The van der Waals surface area contributed by atoms with Crippen molar-refractivity contribution in [1.82, 2.24) is 0 Å². The summed E-state index contributed by atoms with van der Waals surface area (Å²) >= 11 is 0. The summed E-state index contributed by atoms with van der Waals surface area (Å²) in [4.78, 5) is 34.7. The normalized spacial score (nSPS) is 21.0. The molecule has 0 aromatic rings. The van der Waals surface area contributed by atoms with E-state index in [0.29, 0.717) is 38.5 Å². The number of hydrogen-bond acceptors (Lipinski definition) is 19. The standard InChI is InChI=1S/C49H92O20/c1-5-6-7-18-23-38(24-20-22-36(53)21-17-15-13-11-9-8-10-12-14-16-19-25-39(55)47(60)61)68-43(64-31-37(54)29-50)33-66-49-46(45(59)41(32-65-49)67-35(4)52)69-48(44(58)40(56)30-51)63-27-26-62-42(57)28-34(2)3/h34,36-41,43-46,48-51,53-56,58-59H,5-33H2,1-4H3,(H,60,61). The Bertz CT molecular complexity index is 1280. The molecule has 20 nitrogen and oxygen atoms in total. The molecule has 0 aromatic heterocycles. The van der Waals surface area contributed by atoms with Crippen LogP contribution in [0.15, 0.2) is 0 Å². The molecule has 0 amide bonds. The maximum absolute atomic E-state index is 12.1. The van der Waals surface area contributed by atoms with E-state index in [1.807, 2.05) is 13.8 Å². The van der Waals surface area contributed by atoms with Crippen LogP contribution < -0.4 is 0 Å². The molecule has 0 aliphatic carbocycles. The van der Waals surface area contributed by atoms with Gasteiger partial charge in [0, 0.05) is 13.3 Å². The van der Waals surface area contributed by atoms with Crippen molar-refractivity contribution in [2.75, 3.05) is 46.2 Å². The second-order valence-corrected chi connectivity index (χ2v) is 18.7. The molecule has 20 heteroatoms. The summed E-state index contributed by atoms with van der Waals surface area (Å²) in [6.07, 6.45) is 3.26. The zero-order chi connectivity index (χ0) is 51.4. The van der Waals surface area contributed by atoms with E-state index >= 15 is 0 Å². The quantitative estimate of drug-likeness (QED) is 0.0238. The van der Waals surface area contributed by atoms with Crippen LogP contribution in [-0.2, 0) is 52.3 Å². The summed E-state index contributed by atoms with van der Waals surface area (Å²) in [5.74, 6) is -2.33. The van der Waals surface area contributed by atoms with Crippen LogP contribution in [0.1, 0.15) is 169 Å². The Balaban J connectivity index is 2.92. The smallest absolute Gasteiger partial charge is 0.332 e. The number of carbonyl (C=O) groups excluding carboxylic acids is 2. The van der Waals surface area contributed by atoms with Gasteiger partial charge < -0.3 is 83.9 Å². The van der Waals surface area contributed by atoms with E-state index in [-0.39, 0.29) is 51.5 Å². The average Bonchev–Trinajstić information content (AvgIpc) is 3.31. The molecular weight excluding hydrogens is 909 g/mol. The molecule has 0 saturated carbocycles. The monoisotopic (exact) mass is 1000 g/mol. The number of aliphatic hydroxyl groups is 8. The number of esters is 2. The number of aliphatic hydroxyl groups excluding tert-OH is 8. The summed E-state index contributed by atoms with van der Waals surface area (Å²) in [6, 6.07) is 0. The molecule has 1 aliphatic rings. The third-order valence-corrected chi connectivity index (χ3v) is 11.8. The molecule has 0 bridgehead atoms. The van der Waals surface area contributed by atoms with Gasteiger partial charge in [0.1, 0.15) is 43.7 Å². The molecule has 0 radical (unpaired) electrons. The van der Waals surface area contributed by atoms with E-state index in [1.165, 1.54) is 0 Å². The van der Waals surface area contributed by atoms with Gasteiger partial charge in [0.15, 0.2) is 31.1 Å². The maximum Gasteiger partial charge on any atom is 0.332 e. The first-order valence-electron chi connectivity index (χ1n) is 25.7. The molecular formula is C49H92O20. The summed E-state index contributed by atoms with van der Waals surface area (Å²) in [7, 11) is 0. The van der Waals surface area contributed by atoms with Gasteiger partial charge in [-0.1, -0.05) is 117 Å². The van der Waals surface area contributed by atoms with Crippen molar-refractivity contribution in [1.29, 1.82) is 0 Å². The van der Waals surface area contributed by atoms with Crippen molar-refractivity contribution in [2.24, 2.45) is 5.92 Å². The molecule has 12 unspecified atom stereocenters. The minimum atomic E-state index is -1.89. The van der Waals surface area contributed by atoms with E-state index in [2.05, 4.69) is 6.92 Å². The predicted molar refractivity (Wildman–Crippen MR) is 251 cm³/mol. The first-order chi connectivity index (χ1) is 33.0. The number of hydrogen-bond donors (Lipinski definition) is 9. The Kier molecular flexibility index (Phi) is 37.9. The number of aliphatic carboxylic acids is 1. The van der Waals surface area contributed by atoms with Gasteiger partial charge >= 0.3 is 17.9 Å². The number of carboxylic acids is 1. The zero-order valence-electron chi connectivity index (χ0n) is 42.0. The topological polar surface area (TPSA) is 307 Å². The van der Waals surface area contributed by atoms with Crippen LogP contribution in [0.2, 0.25) is 0 Å². The fraction of sp³-hybridized carbons (Fsp3) is 0.939. The fourth-order valence-electron chi connectivity index (χ4n) is 7.76. The van der Waals surface area contributed by atoms with Gasteiger partial charge in [-0.15, -0.1) is 0 Å². The van der Waals surface area contributed by atoms with Gasteiger partial charge in [-0.25, -0.2) is 4.79 Å². The van der Waals surface area contributed by atoms with Gasteiger partial charge in [0.05, 0.1) is 45.2 Å². The van der Waals surface area contributed by atoms with E-state index in [4.69, 9.17) is 43.0 Å². The molecule has 1 fully saturated rings. The second kappa shape index (κ2) is 40.3. The minimum Gasteiger partial charge on any atom is -0.479 e. The summed E-state index contributed by atoms with van der Waals surface area (Å²) < 4.78 is 46.4. The number of unbranched alkanes of at least 4 members (excludes halogenated alkanes) is 13. The number of ether oxygens (including phenoxy) is 8. The van der Waals surface area contributed by atoms with Gasteiger partial charge in [-0.2, -0.15) is 0 Å². The number of rotatable bonds is 45. The summed E-state index contributed by atoms with van der Waals surface area (Å²) in [5.41, 5.74) is 0. The van der Waals surface area contributed by atoms with Crippen molar-refractivity contribution in [3.63, 3.8) is 0 Å². The lowest BCUT2D eigenvalue weighted by molar-refractivity contribution is -0.338. The van der Waals surface area contributed by atoms with Gasteiger partial charge in [-0.3, -0.25) is 9.59 Å². The molecule has 1 saturated heterocycles. The lowest BCUT2D eigenvalue weighted by atomic mass is 10.00.